The molecule has 0 radical (unpaired) electrons. The van der Waals surface area contributed by atoms with Crippen LogP contribution < -0.4 is 5.32 Å². The van der Waals surface area contributed by atoms with Gasteiger partial charge in [-0.05, 0) is 25.2 Å². The Morgan fingerprint density at radius 1 is 1.40 bits per heavy atom. The van der Waals surface area contributed by atoms with Gasteiger partial charge in [0, 0.05) is 18.6 Å². The van der Waals surface area contributed by atoms with Crippen LogP contribution in [0.4, 0.5) is 0 Å². The molecule has 0 aromatic heterocycles. The fraction of sp³-hybridized carbons (Fsp3) is 0.917. The van der Waals surface area contributed by atoms with Crippen LogP contribution in [0.15, 0.2) is 0 Å². The predicted molar refractivity (Wildman–Crippen MR) is 60.6 cm³/mol. The van der Waals surface area contributed by atoms with Crippen LogP contribution in [-0.2, 0) is 4.79 Å². The summed E-state index contributed by atoms with van der Waals surface area (Å²) in [6.45, 7) is 7.42. The molecular weight excluding hydrogens is 188 g/mol. The van der Waals surface area contributed by atoms with Gasteiger partial charge in [0.25, 0.3) is 0 Å². The minimum absolute atomic E-state index is 0.0842. The molecule has 0 bridgehead atoms. The second-order valence-electron chi connectivity index (χ2n) is 5.42. The molecule has 0 aromatic carbocycles. The Kier molecular flexibility index (Phi) is 3.01. The van der Waals surface area contributed by atoms with E-state index in [0.29, 0.717) is 18.0 Å². The van der Waals surface area contributed by atoms with E-state index in [4.69, 9.17) is 0 Å². The van der Waals surface area contributed by atoms with Crippen molar-refractivity contribution in [1.29, 1.82) is 0 Å². The topological polar surface area (TPSA) is 32.3 Å². The molecule has 1 saturated heterocycles. The molecule has 3 heteroatoms. The Labute approximate surface area is 92.2 Å². The van der Waals surface area contributed by atoms with E-state index in [1.165, 1.54) is 12.8 Å². The van der Waals surface area contributed by atoms with E-state index >= 15 is 0 Å². The molecule has 0 aromatic rings. The number of rotatable bonds is 3. The third-order valence-corrected chi connectivity index (χ3v) is 3.56. The maximum Gasteiger partial charge on any atom is 0.240 e. The SMILES string of the molecule is CC1CC(N2CCC(NC(C)C)C2=O)C1. The van der Waals surface area contributed by atoms with Gasteiger partial charge in [-0.25, -0.2) is 0 Å². The highest BCUT2D eigenvalue weighted by Crippen LogP contribution is 2.33. The molecule has 1 aliphatic carbocycles. The van der Waals surface area contributed by atoms with Crippen LogP contribution >= 0.6 is 0 Å². The van der Waals surface area contributed by atoms with Crippen LogP contribution in [0.25, 0.3) is 0 Å². The molecule has 1 unspecified atom stereocenters. The van der Waals surface area contributed by atoms with Gasteiger partial charge < -0.3 is 10.2 Å². The van der Waals surface area contributed by atoms with Gasteiger partial charge >= 0.3 is 0 Å². The normalized spacial score (nSPS) is 36.1. The lowest BCUT2D eigenvalue weighted by atomic mass is 9.81. The minimum Gasteiger partial charge on any atom is -0.338 e. The largest absolute Gasteiger partial charge is 0.338 e. The highest BCUT2D eigenvalue weighted by molar-refractivity contribution is 5.84. The van der Waals surface area contributed by atoms with Gasteiger partial charge in [0.15, 0.2) is 0 Å². The maximum absolute atomic E-state index is 12.0. The number of amides is 1. The van der Waals surface area contributed by atoms with Crippen LogP contribution in [0.3, 0.4) is 0 Å². The van der Waals surface area contributed by atoms with Crippen LogP contribution in [0.1, 0.15) is 40.0 Å². The van der Waals surface area contributed by atoms with E-state index in [1.807, 2.05) is 0 Å². The Bertz CT molecular complexity index is 246. The van der Waals surface area contributed by atoms with E-state index in [2.05, 4.69) is 31.0 Å². The molecule has 1 saturated carbocycles. The van der Waals surface area contributed by atoms with Crippen molar-refractivity contribution in [2.45, 2.75) is 58.2 Å². The summed E-state index contributed by atoms with van der Waals surface area (Å²) in [5, 5.41) is 3.34. The molecule has 3 nitrogen and oxygen atoms in total. The van der Waals surface area contributed by atoms with Crippen molar-refractivity contribution in [1.82, 2.24) is 10.2 Å². The molecular formula is C12H22N2O. The highest BCUT2D eigenvalue weighted by Gasteiger charge is 2.40. The lowest BCUT2D eigenvalue weighted by Crippen LogP contribution is -2.48. The van der Waals surface area contributed by atoms with E-state index in [-0.39, 0.29) is 6.04 Å². The fourth-order valence-corrected chi connectivity index (χ4v) is 2.74. The molecule has 1 amide bonds. The summed E-state index contributed by atoms with van der Waals surface area (Å²) >= 11 is 0. The zero-order valence-electron chi connectivity index (χ0n) is 9.99. The number of likely N-dealkylation sites (tertiary alicyclic amines) is 1. The smallest absolute Gasteiger partial charge is 0.240 e. The van der Waals surface area contributed by atoms with Gasteiger partial charge in [-0.2, -0.15) is 0 Å². The van der Waals surface area contributed by atoms with Gasteiger partial charge in [0.2, 0.25) is 5.91 Å². The average Bonchev–Trinajstić information content (AvgIpc) is 2.43. The first-order valence-corrected chi connectivity index (χ1v) is 6.14. The molecule has 15 heavy (non-hydrogen) atoms. The van der Waals surface area contributed by atoms with Gasteiger partial charge in [-0.15, -0.1) is 0 Å². The van der Waals surface area contributed by atoms with Crippen LogP contribution in [0.2, 0.25) is 0 Å². The lowest BCUT2D eigenvalue weighted by molar-refractivity contribution is -0.133. The average molecular weight is 210 g/mol. The van der Waals surface area contributed by atoms with Crippen molar-refractivity contribution in [3.8, 4) is 0 Å². The molecule has 1 N–H and O–H groups in total. The number of hydrogen-bond donors (Lipinski definition) is 1. The molecule has 0 spiro atoms. The Hall–Kier alpha value is -0.570. The van der Waals surface area contributed by atoms with Crippen molar-refractivity contribution < 1.29 is 4.79 Å². The molecule has 2 rings (SSSR count). The molecule has 2 fully saturated rings. The van der Waals surface area contributed by atoms with E-state index < -0.39 is 0 Å². The summed E-state index contributed by atoms with van der Waals surface area (Å²) in [5.41, 5.74) is 0. The second kappa shape index (κ2) is 4.12. The summed E-state index contributed by atoms with van der Waals surface area (Å²) in [4.78, 5) is 14.1. The molecule has 2 aliphatic rings. The summed E-state index contributed by atoms with van der Waals surface area (Å²) in [5.74, 6) is 1.15. The van der Waals surface area contributed by atoms with Gasteiger partial charge in [-0.3, -0.25) is 4.79 Å². The highest BCUT2D eigenvalue weighted by atomic mass is 16.2. The van der Waals surface area contributed by atoms with Crippen molar-refractivity contribution in [2.24, 2.45) is 5.92 Å². The van der Waals surface area contributed by atoms with Gasteiger partial charge in [0.05, 0.1) is 6.04 Å². The van der Waals surface area contributed by atoms with Crippen LogP contribution in [0, 0.1) is 5.92 Å². The lowest BCUT2D eigenvalue weighted by Gasteiger charge is -2.39. The Balaban J connectivity index is 1.87. The van der Waals surface area contributed by atoms with Crippen molar-refractivity contribution in [2.75, 3.05) is 6.54 Å². The summed E-state index contributed by atoms with van der Waals surface area (Å²) in [6.07, 6.45) is 3.40. The zero-order valence-corrected chi connectivity index (χ0v) is 9.99. The number of hydrogen-bond acceptors (Lipinski definition) is 2. The third kappa shape index (κ3) is 2.17. The maximum atomic E-state index is 12.0. The van der Waals surface area contributed by atoms with Crippen molar-refractivity contribution >= 4 is 5.91 Å². The quantitative estimate of drug-likeness (QED) is 0.763. The second-order valence-corrected chi connectivity index (χ2v) is 5.42. The van der Waals surface area contributed by atoms with Gasteiger partial charge in [-0.1, -0.05) is 20.8 Å². The summed E-state index contributed by atoms with van der Waals surface area (Å²) < 4.78 is 0. The summed E-state index contributed by atoms with van der Waals surface area (Å²) in [7, 11) is 0. The third-order valence-electron chi connectivity index (χ3n) is 3.56. The first kappa shape index (κ1) is 10.9. The molecule has 86 valence electrons. The monoisotopic (exact) mass is 210 g/mol. The van der Waals surface area contributed by atoms with Gasteiger partial charge in [0.1, 0.15) is 0 Å². The molecule has 1 atom stereocenters. The van der Waals surface area contributed by atoms with E-state index in [0.717, 1.165) is 18.9 Å². The number of nitrogens with zero attached hydrogens (tertiary/aromatic N) is 1. The fourth-order valence-electron chi connectivity index (χ4n) is 2.74. The number of carbonyl (C=O) groups excluding carboxylic acids is 1. The number of carbonyl (C=O) groups is 1. The van der Waals surface area contributed by atoms with E-state index in [9.17, 15) is 4.79 Å². The Morgan fingerprint density at radius 3 is 2.60 bits per heavy atom. The zero-order chi connectivity index (χ0) is 11.0. The first-order valence-electron chi connectivity index (χ1n) is 6.14. The van der Waals surface area contributed by atoms with E-state index in [1.54, 1.807) is 0 Å². The van der Waals surface area contributed by atoms with Crippen molar-refractivity contribution in [3.63, 3.8) is 0 Å². The first-order chi connectivity index (χ1) is 7.08. The van der Waals surface area contributed by atoms with Crippen molar-refractivity contribution in [3.05, 3.63) is 0 Å². The Morgan fingerprint density at radius 2 is 2.07 bits per heavy atom. The minimum atomic E-state index is 0.0842. The molecule has 1 heterocycles. The standard InChI is InChI=1S/C12H22N2O/c1-8(2)13-11-4-5-14(12(11)15)10-6-9(3)7-10/h8-11,13H,4-7H2,1-3H3. The van der Waals surface area contributed by atoms with Crippen LogP contribution in [-0.4, -0.2) is 35.5 Å². The number of nitrogens with one attached hydrogen (secondary N) is 1. The molecule has 1 aliphatic heterocycles. The predicted octanol–water partition coefficient (Wildman–Crippen LogP) is 1.38. The summed E-state index contributed by atoms with van der Waals surface area (Å²) in [6, 6.07) is 1.03. The van der Waals surface area contributed by atoms with Crippen LogP contribution in [0.5, 0.6) is 0 Å².